The van der Waals surface area contributed by atoms with Crippen molar-refractivity contribution in [2.75, 3.05) is 0 Å². The van der Waals surface area contributed by atoms with E-state index in [-0.39, 0.29) is 0 Å². The lowest BCUT2D eigenvalue weighted by molar-refractivity contribution is 0.916. The number of halogens is 4. The standard InChI is InChI=1S/C12H10Cl4S/c13-9-1-5-11(15,6-2-9)17-12(16)7-3-10(14)4-8-12/h1-5,7H,6,8H2. The van der Waals surface area contributed by atoms with E-state index >= 15 is 0 Å². The van der Waals surface area contributed by atoms with Crippen LogP contribution in [0.2, 0.25) is 0 Å². The Hall–Kier alpha value is 0.470. The summed E-state index contributed by atoms with van der Waals surface area (Å²) in [5, 5.41) is 1.43. The van der Waals surface area contributed by atoms with Crippen LogP contribution in [-0.2, 0) is 0 Å². The van der Waals surface area contributed by atoms with Crippen molar-refractivity contribution in [3.8, 4) is 0 Å². The van der Waals surface area contributed by atoms with Gasteiger partial charge >= 0.3 is 0 Å². The number of rotatable bonds is 2. The highest BCUT2D eigenvalue weighted by Crippen LogP contribution is 2.51. The van der Waals surface area contributed by atoms with E-state index in [2.05, 4.69) is 0 Å². The molecule has 0 aromatic carbocycles. The number of allylic oxidation sites excluding steroid dienone is 6. The van der Waals surface area contributed by atoms with E-state index in [0.717, 1.165) is 0 Å². The Balaban J connectivity index is 2.07. The van der Waals surface area contributed by atoms with Crippen LogP contribution in [0.3, 0.4) is 0 Å². The summed E-state index contributed by atoms with van der Waals surface area (Å²) < 4.78 is -1.08. The molecule has 2 rings (SSSR count). The lowest BCUT2D eigenvalue weighted by Gasteiger charge is -2.33. The van der Waals surface area contributed by atoms with Gasteiger partial charge in [0.15, 0.2) is 0 Å². The predicted octanol–water partition coefficient (Wildman–Crippen LogP) is 5.76. The summed E-state index contributed by atoms with van der Waals surface area (Å²) in [6.07, 6.45) is 12.5. The molecule has 5 heteroatoms. The predicted molar refractivity (Wildman–Crippen MR) is 80.1 cm³/mol. The fraction of sp³-hybridized carbons (Fsp3) is 0.333. The molecule has 17 heavy (non-hydrogen) atoms. The Kier molecular flexibility index (Phi) is 4.27. The van der Waals surface area contributed by atoms with E-state index in [0.29, 0.717) is 22.9 Å². The van der Waals surface area contributed by atoms with Crippen LogP contribution in [0, 0.1) is 0 Å². The van der Waals surface area contributed by atoms with Gasteiger partial charge in [-0.15, -0.1) is 35.0 Å². The first-order valence-electron chi connectivity index (χ1n) is 5.09. The molecule has 0 aromatic rings. The molecule has 0 aliphatic heterocycles. The van der Waals surface area contributed by atoms with Crippen LogP contribution >= 0.6 is 58.2 Å². The summed E-state index contributed by atoms with van der Waals surface area (Å²) in [6.45, 7) is 0. The van der Waals surface area contributed by atoms with Gasteiger partial charge in [0.2, 0.25) is 0 Å². The molecular formula is C12H10Cl4S. The fourth-order valence-electron chi connectivity index (χ4n) is 1.59. The second-order valence-electron chi connectivity index (χ2n) is 3.93. The normalized spacial score (nSPS) is 36.7. The summed E-state index contributed by atoms with van der Waals surface area (Å²) in [5.74, 6) is 0. The third-order valence-corrected chi connectivity index (χ3v) is 5.34. The van der Waals surface area contributed by atoms with E-state index in [1.165, 1.54) is 11.8 Å². The third kappa shape index (κ3) is 3.71. The molecule has 2 atom stereocenters. The smallest absolute Gasteiger partial charge is 0.107 e. The molecule has 0 amide bonds. The maximum absolute atomic E-state index is 6.50. The first-order valence-corrected chi connectivity index (χ1v) is 7.41. The molecule has 0 bridgehead atoms. The summed E-state index contributed by atoms with van der Waals surface area (Å²) in [6, 6.07) is 0. The van der Waals surface area contributed by atoms with Crippen LogP contribution in [0.5, 0.6) is 0 Å². The zero-order chi connectivity index (χ0) is 12.5. The minimum atomic E-state index is -0.540. The maximum Gasteiger partial charge on any atom is 0.114 e. The van der Waals surface area contributed by atoms with Crippen molar-refractivity contribution in [2.24, 2.45) is 0 Å². The highest BCUT2D eigenvalue weighted by atomic mass is 35.5. The number of thioether (sulfide) groups is 1. The van der Waals surface area contributed by atoms with E-state index in [4.69, 9.17) is 46.4 Å². The average Bonchev–Trinajstić information content (AvgIpc) is 2.28. The van der Waals surface area contributed by atoms with Crippen LogP contribution in [0.15, 0.2) is 46.5 Å². The molecule has 0 heterocycles. The van der Waals surface area contributed by atoms with Gasteiger partial charge in [-0.3, -0.25) is 0 Å². The quantitative estimate of drug-likeness (QED) is 0.581. The zero-order valence-corrected chi connectivity index (χ0v) is 12.6. The summed E-state index contributed by atoms with van der Waals surface area (Å²) in [7, 11) is 0. The second kappa shape index (κ2) is 5.22. The van der Waals surface area contributed by atoms with Crippen molar-refractivity contribution >= 4 is 58.2 Å². The molecule has 0 nitrogen and oxygen atoms in total. The van der Waals surface area contributed by atoms with Crippen molar-refractivity contribution < 1.29 is 0 Å². The second-order valence-corrected chi connectivity index (χ2v) is 8.26. The van der Waals surface area contributed by atoms with Crippen molar-refractivity contribution in [3.63, 3.8) is 0 Å². The fourth-order valence-corrected chi connectivity index (χ4v) is 4.26. The minimum Gasteiger partial charge on any atom is -0.107 e. The van der Waals surface area contributed by atoms with Gasteiger partial charge in [0.25, 0.3) is 0 Å². The van der Waals surface area contributed by atoms with Crippen molar-refractivity contribution in [3.05, 3.63) is 46.5 Å². The largest absolute Gasteiger partial charge is 0.114 e. The average molecular weight is 328 g/mol. The van der Waals surface area contributed by atoms with Crippen molar-refractivity contribution in [1.29, 1.82) is 0 Å². The maximum atomic E-state index is 6.50. The first kappa shape index (κ1) is 13.9. The monoisotopic (exact) mass is 326 g/mol. The van der Waals surface area contributed by atoms with E-state index in [1.807, 2.05) is 24.3 Å². The number of hydrogen-bond donors (Lipinski definition) is 0. The Bertz CT molecular complexity index is 398. The van der Waals surface area contributed by atoms with E-state index in [9.17, 15) is 0 Å². The van der Waals surface area contributed by atoms with E-state index < -0.39 is 8.41 Å². The van der Waals surface area contributed by atoms with Gasteiger partial charge in [0, 0.05) is 10.1 Å². The summed E-state index contributed by atoms with van der Waals surface area (Å²) in [5.41, 5.74) is 0. The molecule has 92 valence electrons. The molecule has 0 saturated heterocycles. The molecule has 0 saturated carbocycles. The van der Waals surface area contributed by atoms with Gasteiger partial charge in [0.05, 0.1) is 0 Å². The molecule has 2 aliphatic carbocycles. The van der Waals surface area contributed by atoms with Crippen molar-refractivity contribution in [2.45, 2.75) is 21.3 Å². The van der Waals surface area contributed by atoms with Crippen LogP contribution in [0.1, 0.15) is 12.8 Å². The minimum absolute atomic E-state index is 0.540. The van der Waals surface area contributed by atoms with Crippen molar-refractivity contribution in [1.82, 2.24) is 0 Å². The number of hydrogen-bond acceptors (Lipinski definition) is 1. The van der Waals surface area contributed by atoms with Crippen LogP contribution in [-0.4, -0.2) is 8.41 Å². The summed E-state index contributed by atoms with van der Waals surface area (Å²) in [4.78, 5) is 0. The lowest BCUT2D eigenvalue weighted by Crippen LogP contribution is -2.25. The third-order valence-electron chi connectivity index (χ3n) is 2.47. The topological polar surface area (TPSA) is 0 Å². The molecule has 0 fully saturated rings. The molecule has 2 unspecified atom stereocenters. The van der Waals surface area contributed by atoms with Gasteiger partial charge in [-0.05, 0) is 25.0 Å². The van der Waals surface area contributed by atoms with Gasteiger partial charge in [-0.1, -0.05) is 47.5 Å². The van der Waals surface area contributed by atoms with Crippen LogP contribution < -0.4 is 0 Å². The first-order chi connectivity index (χ1) is 7.91. The zero-order valence-electron chi connectivity index (χ0n) is 8.80. The van der Waals surface area contributed by atoms with Gasteiger partial charge < -0.3 is 0 Å². The van der Waals surface area contributed by atoms with Crippen LogP contribution in [0.4, 0.5) is 0 Å². The molecule has 0 spiro atoms. The highest BCUT2D eigenvalue weighted by Gasteiger charge is 2.37. The Morgan fingerprint density at radius 2 is 1.29 bits per heavy atom. The molecular weight excluding hydrogens is 318 g/mol. The lowest BCUT2D eigenvalue weighted by atomic mass is 10.2. The highest BCUT2D eigenvalue weighted by molar-refractivity contribution is 8.04. The molecule has 0 aromatic heterocycles. The number of alkyl halides is 2. The molecule has 2 aliphatic rings. The Morgan fingerprint density at radius 1 is 0.882 bits per heavy atom. The van der Waals surface area contributed by atoms with Crippen LogP contribution in [0.25, 0.3) is 0 Å². The SMILES string of the molecule is ClC1=CCC(Cl)(SC2(Cl)C=CC(Cl)=CC2)C=C1. The Morgan fingerprint density at radius 3 is 1.59 bits per heavy atom. The van der Waals surface area contributed by atoms with Gasteiger partial charge in [0.1, 0.15) is 8.41 Å². The Labute approximate surface area is 125 Å². The summed E-state index contributed by atoms with van der Waals surface area (Å²) >= 11 is 26.2. The van der Waals surface area contributed by atoms with Gasteiger partial charge in [-0.2, -0.15) is 0 Å². The van der Waals surface area contributed by atoms with Gasteiger partial charge in [-0.25, -0.2) is 0 Å². The van der Waals surface area contributed by atoms with E-state index in [1.54, 1.807) is 12.2 Å². The molecule has 0 radical (unpaired) electrons. The molecule has 0 N–H and O–H groups in total.